The Morgan fingerprint density at radius 1 is 0.867 bits per heavy atom. The molecule has 2 aliphatic carbocycles. The van der Waals surface area contributed by atoms with E-state index in [1.165, 1.54) is 28.7 Å². The average Bonchev–Trinajstić information content (AvgIpc) is 2.88. The summed E-state index contributed by atoms with van der Waals surface area (Å²) in [5.41, 5.74) is 6.83. The summed E-state index contributed by atoms with van der Waals surface area (Å²) >= 11 is 9.16. The summed E-state index contributed by atoms with van der Waals surface area (Å²) in [6.07, 6.45) is 3.41. The molecule has 1 saturated carbocycles. The number of hydrogen-bond donors (Lipinski definition) is 3. The maximum absolute atomic E-state index is 11.1. The van der Waals surface area contributed by atoms with Crippen LogP contribution < -0.4 is 0 Å². The third kappa shape index (κ3) is 2.85. The molecule has 0 bridgehead atoms. The minimum atomic E-state index is -0.0659. The summed E-state index contributed by atoms with van der Waals surface area (Å²) in [4.78, 5) is 0.883. The highest BCUT2D eigenvalue weighted by Gasteiger charge is 2.53. The second kappa shape index (κ2) is 6.46. The summed E-state index contributed by atoms with van der Waals surface area (Å²) in [5, 5.41) is 13.1. The molecule has 1 spiro atoms. The van der Waals surface area contributed by atoms with E-state index in [0.29, 0.717) is 11.5 Å². The second-order valence-electron chi connectivity index (χ2n) is 11.0. The minimum absolute atomic E-state index is 0.0659. The normalized spacial score (nSPS) is 20.3. The van der Waals surface area contributed by atoms with Crippen molar-refractivity contribution in [2.75, 3.05) is 0 Å². The molecule has 0 unspecified atom stereocenters. The Morgan fingerprint density at radius 3 is 2.20 bits per heavy atom. The lowest BCUT2D eigenvalue weighted by atomic mass is 9.52. The van der Waals surface area contributed by atoms with Gasteiger partial charge in [0.1, 0.15) is 5.75 Å². The Labute approximate surface area is 190 Å². The number of aromatic hydroxyl groups is 1. The number of rotatable bonds is 1. The monoisotopic (exact) mass is 434 g/mol. The molecule has 0 aliphatic heterocycles. The van der Waals surface area contributed by atoms with Crippen molar-refractivity contribution in [1.29, 1.82) is 0 Å². The molecule has 1 N–H and O–H groups in total. The second-order valence-corrected chi connectivity index (χ2v) is 11.8. The number of phenolic OH excluding ortho intramolecular Hbond substituents is 1. The van der Waals surface area contributed by atoms with Crippen LogP contribution in [-0.2, 0) is 11.2 Å². The van der Waals surface area contributed by atoms with Crippen LogP contribution in [0.25, 0.3) is 21.9 Å². The Kier molecular flexibility index (Phi) is 4.38. The van der Waals surface area contributed by atoms with Crippen LogP contribution in [0.3, 0.4) is 0 Å². The first kappa shape index (κ1) is 20.3. The van der Waals surface area contributed by atoms with Crippen molar-refractivity contribution in [3.8, 4) is 16.9 Å². The van der Waals surface area contributed by atoms with E-state index in [-0.39, 0.29) is 16.2 Å². The molecule has 1 nitrogen and oxygen atoms in total. The predicted molar refractivity (Wildman–Crippen MR) is 133 cm³/mol. The fraction of sp³-hybridized carbons (Fsp3) is 0.407. The number of fused-ring (bicyclic) bond motifs is 7. The third-order valence-corrected chi connectivity index (χ3v) is 7.99. The highest BCUT2D eigenvalue weighted by molar-refractivity contribution is 7.81. The average molecular weight is 435 g/mol. The zero-order valence-corrected chi connectivity index (χ0v) is 20.0. The first-order valence-corrected chi connectivity index (χ1v) is 11.9. The van der Waals surface area contributed by atoms with Crippen LogP contribution in [0.15, 0.2) is 47.4 Å². The molecule has 1 fully saturated rings. The summed E-state index contributed by atoms with van der Waals surface area (Å²) in [7, 11) is 0. The van der Waals surface area contributed by atoms with Gasteiger partial charge in [-0.25, -0.2) is 0 Å². The third-order valence-electron chi connectivity index (χ3n) is 7.23. The van der Waals surface area contributed by atoms with Crippen LogP contribution in [0, 0.1) is 10.8 Å². The molecule has 2 aliphatic rings. The standard InChI is InChI=1S/C27H30OS2/c1-25(2)13-26(3,4)15-27(14-25)20-8-6-5-7-17(20)24-19-9-16(12-29)23(30)10-18(19)22(28)11-21(24)27/h5-11,28-30H,12-15H2,1-4H3. The van der Waals surface area contributed by atoms with E-state index in [4.69, 9.17) is 0 Å². The van der Waals surface area contributed by atoms with Crippen LogP contribution in [-0.4, -0.2) is 5.11 Å². The van der Waals surface area contributed by atoms with E-state index in [2.05, 4.69) is 89.4 Å². The van der Waals surface area contributed by atoms with Crippen molar-refractivity contribution < 1.29 is 5.11 Å². The Balaban J connectivity index is 1.91. The lowest BCUT2D eigenvalue weighted by Gasteiger charge is -2.51. The molecule has 3 heteroatoms. The van der Waals surface area contributed by atoms with Gasteiger partial charge >= 0.3 is 0 Å². The van der Waals surface area contributed by atoms with Gasteiger partial charge in [-0.2, -0.15) is 12.6 Å². The molecule has 3 aromatic carbocycles. The highest BCUT2D eigenvalue weighted by atomic mass is 32.1. The largest absolute Gasteiger partial charge is 0.507 e. The molecule has 0 amide bonds. The molecule has 0 aromatic heterocycles. The lowest BCUT2D eigenvalue weighted by Crippen LogP contribution is -2.43. The number of hydrogen-bond acceptors (Lipinski definition) is 3. The van der Waals surface area contributed by atoms with Gasteiger partial charge in [-0.15, -0.1) is 12.6 Å². The van der Waals surface area contributed by atoms with E-state index in [0.717, 1.165) is 34.1 Å². The molecular weight excluding hydrogens is 404 g/mol. The quantitative estimate of drug-likeness (QED) is 0.334. The van der Waals surface area contributed by atoms with Gasteiger partial charge in [0, 0.05) is 21.4 Å². The topological polar surface area (TPSA) is 20.2 Å². The van der Waals surface area contributed by atoms with Crippen LogP contribution in [0.4, 0.5) is 0 Å². The Morgan fingerprint density at radius 2 is 1.53 bits per heavy atom. The predicted octanol–water partition coefficient (Wildman–Crippen LogP) is 7.77. The van der Waals surface area contributed by atoms with Gasteiger partial charge in [0.05, 0.1) is 0 Å². The molecule has 0 atom stereocenters. The fourth-order valence-corrected chi connectivity index (χ4v) is 7.70. The number of phenols is 1. The van der Waals surface area contributed by atoms with E-state index < -0.39 is 0 Å². The van der Waals surface area contributed by atoms with E-state index in [1.54, 1.807) is 0 Å². The summed E-state index contributed by atoms with van der Waals surface area (Å²) in [6.45, 7) is 9.62. The summed E-state index contributed by atoms with van der Waals surface area (Å²) < 4.78 is 0. The maximum Gasteiger partial charge on any atom is 0.123 e. The van der Waals surface area contributed by atoms with E-state index >= 15 is 0 Å². The van der Waals surface area contributed by atoms with Gasteiger partial charge in [-0.1, -0.05) is 52.0 Å². The Hall–Kier alpha value is -1.58. The van der Waals surface area contributed by atoms with Crippen LogP contribution in [0.2, 0.25) is 0 Å². The zero-order valence-electron chi connectivity index (χ0n) is 18.2. The van der Waals surface area contributed by atoms with Gasteiger partial charge in [0.25, 0.3) is 0 Å². The number of thiol groups is 2. The minimum Gasteiger partial charge on any atom is -0.507 e. The molecular formula is C27H30OS2. The van der Waals surface area contributed by atoms with Gasteiger partial charge < -0.3 is 5.11 Å². The Bertz CT molecular complexity index is 1170. The van der Waals surface area contributed by atoms with Crippen LogP contribution >= 0.6 is 25.3 Å². The van der Waals surface area contributed by atoms with Gasteiger partial charge in [-0.05, 0) is 81.5 Å². The van der Waals surface area contributed by atoms with Crippen LogP contribution in [0.1, 0.15) is 63.6 Å². The van der Waals surface area contributed by atoms with E-state index in [9.17, 15) is 5.11 Å². The smallest absolute Gasteiger partial charge is 0.123 e. The van der Waals surface area contributed by atoms with Gasteiger partial charge in [0.2, 0.25) is 0 Å². The maximum atomic E-state index is 11.1. The van der Waals surface area contributed by atoms with Gasteiger partial charge in [-0.3, -0.25) is 0 Å². The molecule has 30 heavy (non-hydrogen) atoms. The highest BCUT2D eigenvalue weighted by Crippen LogP contribution is 2.64. The lowest BCUT2D eigenvalue weighted by molar-refractivity contribution is 0.0645. The molecule has 5 rings (SSSR count). The van der Waals surface area contributed by atoms with Gasteiger partial charge in [0.15, 0.2) is 0 Å². The molecule has 0 heterocycles. The fourth-order valence-electron chi connectivity index (χ4n) is 7.04. The van der Waals surface area contributed by atoms with Crippen molar-refractivity contribution in [1.82, 2.24) is 0 Å². The van der Waals surface area contributed by atoms with Crippen molar-refractivity contribution in [3.05, 3.63) is 59.2 Å². The SMILES string of the molecule is CC1(C)CC(C)(C)CC2(C1)c1ccccc1-c1c2cc(O)c2cc(S)c(CS)cc12. The molecule has 0 saturated heterocycles. The van der Waals surface area contributed by atoms with E-state index in [1.807, 2.05) is 6.07 Å². The van der Waals surface area contributed by atoms with Crippen molar-refractivity contribution in [3.63, 3.8) is 0 Å². The number of benzene rings is 3. The zero-order chi connectivity index (χ0) is 21.5. The van der Waals surface area contributed by atoms with Crippen molar-refractivity contribution in [2.24, 2.45) is 10.8 Å². The first-order valence-electron chi connectivity index (χ1n) is 10.8. The molecule has 156 valence electrons. The summed E-state index contributed by atoms with van der Waals surface area (Å²) in [5.74, 6) is 0.990. The van der Waals surface area contributed by atoms with Crippen molar-refractivity contribution in [2.45, 2.75) is 63.0 Å². The first-order chi connectivity index (χ1) is 14.1. The molecule has 3 aromatic rings. The summed E-state index contributed by atoms with van der Waals surface area (Å²) in [6, 6.07) is 15.2. The molecule has 0 radical (unpaired) electrons. The van der Waals surface area contributed by atoms with Crippen LogP contribution in [0.5, 0.6) is 5.75 Å². The van der Waals surface area contributed by atoms with Crippen molar-refractivity contribution >= 4 is 36.0 Å².